The van der Waals surface area contributed by atoms with Crippen LogP contribution in [0.15, 0.2) is 58.7 Å². The molecule has 5 N–H and O–H groups in total. The third kappa shape index (κ3) is 5.04. The molecule has 4 heterocycles. The van der Waals surface area contributed by atoms with Crippen LogP contribution in [0.1, 0.15) is 5.69 Å². The molecule has 1 saturated heterocycles. The lowest BCUT2D eigenvalue weighted by Crippen LogP contribution is -2.32. The number of aliphatic hydroxyl groups is 2. The number of amides is 1. The fourth-order valence-corrected chi connectivity index (χ4v) is 4.49. The minimum absolute atomic E-state index is 0.112. The maximum Gasteiger partial charge on any atom is 0.238 e. The molecule has 1 fully saturated rings. The second kappa shape index (κ2) is 9.43. The van der Waals surface area contributed by atoms with Gasteiger partial charge in [0.2, 0.25) is 11.1 Å². The van der Waals surface area contributed by atoms with Crippen molar-refractivity contribution in [3.63, 3.8) is 0 Å². The van der Waals surface area contributed by atoms with E-state index in [9.17, 15) is 15.0 Å². The van der Waals surface area contributed by atoms with Crippen LogP contribution in [0.3, 0.4) is 0 Å². The minimum Gasteiger partial charge on any atom is -0.389 e. The molecule has 0 radical (unpaired) electrons. The molecule has 0 bridgehead atoms. The third-order valence-electron chi connectivity index (χ3n) is 5.37. The van der Waals surface area contributed by atoms with E-state index in [0.717, 1.165) is 16.1 Å². The van der Waals surface area contributed by atoms with Gasteiger partial charge in [-0.2, -0.15) is 5.10 Å². The maximum atomic E-state index is 12.3. The van der Waals surface area contributed by atoms with Gasteiger partial charge in [0.25, 0.3) is 0 Å². The second-order valence-corrected chi connectivity index (χ2v) is 9.19. The van der Waals surface area contributed by atoms with Gasteiger partial charge in [-0.05, 0) is 55.1 Å². The lowest BCUT2D eigenvalue weighted by atomic mass is 10.3. The number of nitrogens with one attached hydrogen (secondary N) is 3. The molecule has 0 unspecified atom stereocenters. The number of likely N-dealkylation sites (tertiary alicyclic amines) is 1. The highest BCUT2D eigenvalue weighted by Gasteiger charge is 2.30. The number of rotatable bonds is 7. The van der Waals surface area contributed by atoms with Crippen molar-refractivity contribution in [2.45, 2.75) is 29.2 Å². The van der Waals surface area contributed by atoms with Gasteiger partial charge >= 0.3 is 0 Å². The van der Waals surface area contributed by atoms with Crippen molar-refractivity contribution in [1.82, 2.24) is 29.7 Å². The molecule has 5 rings (SSSR count). The number of benzene rings is 1. The summed E-state index contributed by atoms with van der Waals surface area (Å²) < 4.78 is 1.76. The smallest absolute Gasteiger partial charge is 0.238 e. The number of hydrogen-bond donors (Lipinski definition) is 5. The number of hydrogen-bond acceptors (Lipinski definition) is 9. The fourth-order valence-electron chi connectivity index (χ4n) is 3.74. The van der Waals surface area contributed by atoms with Crippen molar-refractivity contribution in [2.24, 2.45) is 0 Å². The summed E-state index contributed by atoms with van der Waals surface area (Å²) in [4.78, 5) is 19.6. The van der Waals surface area contributed by atoms with Crippen molar-refractivity contribution in [2.75, 3.05) is 30.3 Å². The second-order valence-electron chi connectivity index (χ2n) is 8.15. The van der Waals surface area contributed by atoms with Gasteiger partial charge in [-0.15, -0.1) is 5.10 Å². The minimum atomic E-state index is -0.809. The average molecular weight is 481 g/mol. The van der Waals surface area contributed by atoms with E-state index in [1.54, 1.807) is 9.42 Å². The molecule has 0 aliphatic carbocycles. The molecule has 1 aliphatic rings. The van der Waals surface area contributed by atoms with Gasteiger partial charge in [0.15, 0.2) is 11.6 Å². The van der Waals surface area contributed by atoms with Crippen molar-refractivity contribution in [3.05, 3.63) is 54.4 Å². The fraction of sp³-hybridized carbons (Fsp3) is 0.273. The average Bonchev–Trinajstić information content (AvgIpc) is 3.50. The molecule has 12 heteroatoms. The van der Waals surface area contributed by atoms with Crippen LogP contribution in [0, 0.1) is 6.92 Å². The number of fused-ring (bicyclic) bond motifs is 1. The van der Waals surface area contributed by atoms with Gasteiger partial charge < -0.3 is 20.8 Å². The highest BCUT2D eigenvalue weighted by molar-refractivity contribution is 7.99. The Balaban J connectivity index is 1.25. The molecule has 34 heavy (non-hydrogen) atoms. The van der Waals surface area contributed by atoms with E-state index in [0.29, 0.717) is 22.5 Å². The Hall–Kier alpha value is -3.45. The first-order valence-corrected chi connectivity index (χ1v) is 11.6. The Morgan fingerprint density at radius 1 is 1.21 bits per heavy atom. The number of anilines is 3. The standard InChI is InChI=1S/C22H24N8O3S/c1-13-9-19(27-26-13)24-21-16-3-2-8-30(16)28-22(25-21)34-15-6-4-14(5-7-15)23-20(33)12-29-10-17(31)18(32)11-29/h2-9,17-18,31-32H,10-12H2,1H3,(H,23,33)(H2,24,25,26,27,28)/t17-,18+. The first-order chi connectivity index (χ1) is 16.4. The summed E-state index contributed by atoms with van der Waals surface area (Å²) in [6.07, 6.45) is 0.242. The normalized spacial score (nSPS) is 18.4. The molecule has 176 valence electrons. The van der Waals surface area contributed by atoms with Gasteiger partial charge in [0.1, 0.15) is 5.52 Å². The molecule has 0 saturated carbocycles. The van der Waals surface area contributed by atoms with E-state index in [-0.39, 0.29) is 25.5 Å². The van der Waals surface area contributed by atoms with Crippen molar-refractivity contribution in [1.29, 1.82) is 0 Å². The van der Waals surface area contributed by atoms with E-state index in [1.807, 2.05) is 55.6 Å². The summed E-state index contributed by atoms with van der Waals surface area (Å²) in [6.45, 7) is 2.61. The van der Waals surface area contributed by atoms with Crippen molar-refractivity contribution >= 4 is 40.5 Å². The molecule has 1 aromatic carbocycles. The molecular weight excluding hydrogens is 456 g/mol. The van der Waals surface area contributed by atoms with E-state index < -0.39 is 12.2 Å². The van der Waals surface area contributed by atoms with Crippen molar-refractivity contribution < 1.29 is 15.0 Å². The van der Waals surface area contributed by atoms with Crippen molar-refractivity contribution in [3.8, 4) is 0 Å². The highest BCUT2D eigenvalue weighted by Crippen LogP contribution is 2.29. The quantitative estimate of drug-likeness (QED) is 0.267. The van der Waals surface area contributed by atoms with Gasteiger partial charge in [-0.1, -0.05) is 0 Å². The zero-order valence-corrected chi connectivity index (χ0v) is 19.2. The lowest BCUT2D eigenvalue weighted by Gasteiger charge is -2.14. The Kier molecular flexibility index (Phi) is 6.20. The van der Waals surface area contributed by atoms with Crippen LogP contribution in [-0.4, -0.2) is 77.7 Å². The SMILES string of the molecule is Cc1cc(Nc2nc(Sc3ccc(NC(=O)CN4C[C@@H](O)[C@@H](O)C4)cc3)nn3cccc23)n[nH]1. The van der Waals surface area contributed by atoms with Crippen LogP contribution in [0.25, 0.3) is 5.52 Å². The van der Waals surface area contributed by atoms with Crippen LogP contribution in [0.5, 0.6) is 0 Å². The molecule has 1 amide bonds. The first kappa shape index (κ1) is 22.3. The summed E-state index contributed by atoms with van der Waals surface area (Å²) in [5, 5.41) is 37.5. The Morgan fingerprint density at radius 3 is 2.68 bits per heavy atom. The number of carbonyl (C=O) groups excluding carboxylic acids is 1. The maximum absolute atomic E-state index is 12.3. The number of aromatic nitrogens is 5. The number of carbonyl (C=O) groups is 1. The van der Waals surface area contributed by atoms with Crippen LogP contribution in [-0.2, 0) is 4.79 Å². The predicted molar refractivity (Wildman–Crippen MR) is 127 cm³/mol. The predicted octanol–water partition coefficient (Wildman–Crippen LogP) is 1.63. The number of aliphatic hydroxyl groups excluding tert-OH is 2. The molecule has 1 aliphatic heterocycles. The number of aryl methyl sites for hydroxylation is 1. The summed E-state index contributed by atoms with van der Waals surface area (Å²) >= 11 is 1.40. The number of nitrogens with zero attached hydrogens (tertiary/aromatic N) is 5. The van der Waals surface area contributed by atoms with Crippen LogP contribution >= 0.6 is 11.8 Å². The van der Waals surface area contributed by atoms with Gasteiger partial charge in [-0.25, -0.2) is 9.50 Å². The summed E-state index contributed by atoms with van der Waals surface area (Å²) in [7, 11) is 0. The summed E-state index contributed by atoms with van der Waals surface area (Å²) in [5.41, 5.74) is 2.44. The van der Waals surface area contributed by atoms with Gasteiger partial charge in [0, 0.05) is 41.6 Å². The largest absolute Gasteiger partial charge is 0.389 e. The Bertz CT molecular complexity index is 1300. The van der Waals surface area contributed by atoms with Gasteiger partial charge in [-0.3, -0.25) is 14.8 Å². The number of H-pyrrole nitrogens is 1. The molecule has 3 aromatic heterocycles. The van der Waals surface area contributed by atoms with Crippen LogP contribution < -0.4 is 10.6 Å². The highest BCUT2D eigenvalue weighted by atomic mass is 32.2. The van der Waals surface area contributed by atoms with Crippen LogP contribution in [0.2, 0.25) is 0 Å². The Morgan fingerprint density at radius 2 is 1.97 bits per heavy atom. The third-order valence-corrected chi connectivity index (χ3v) is 6.24. The zero-order valence-electron chi connectivity index (χ0n) is 18.3. The summed E-state index contributed by atoms with van der Waals surface area (Å²) in [5.74, 6) is 1.12. The van der Waals surface area contributed by atoms with E-state index >= 15 is 0 Å². The topological polar surface area (TPSA) is 144 Å². The number of β-amino-alcohol motifs (C(OH)–C–C–N with tert-alkyl or cyclic N) is 2. The van der Waals surface area contributed by atoms with E-state index in [1.165, 1.54) is 11.8 Å². The van der Waals surface area contributed by atoms with E-state index in [2.05, 4.69) is 30.9 Å². The Labute approximate surface area is 199 Å². The molecule has 0 spiro atoms. The molecule has 11 nitrogen and oxygen atoms in total. The monoisotopic (exact) mass is 480 g/mol. The molecular formula is C22H24N8O3S. The van der Waals surface area contributed by atoms with Crippen LogP contribution in [0.4, 0.5) is 17.3 Å². The lowest BCUT2D eigenvalue weighted by molar-refractivity contribution is -0.117. The number of aromatic amines is 1. The molecule has 4 aromatic rings. The zero-order chi connectivity index (χ0) is 23.7. The first-order valence-electron chi connectivity index (χ1n) is 10.7. The van der Waals surface area contributed by atoms with Gasteiger partial charge in [0.05, 0.1) is 18.8 Å². The summed E-state index contributed by atoms with van der Waals surface area (Å²) in [6, 6.07) is 13.1. The van der Waals surface area contributed by atoms with E-state index in [4.69, 9.17) is 0 Å². The molecule has 2 atom stereocenters.